The molecule has 4 aromatic carbocycles. The molecule has 15 heteroatoms. The molecule has 6 nitrogen and oxygen atoms in total. The van der Waals surface area contributed by atoms with Crippen molar-refractivity contribution >= 4 is 58.3 Å². The quantitative estimate of drug-likeness (QED) is 0.0579. The molecule has 5 aromatic rings. The third-order valence-corrected chi connectivity index (χ3v) is 8.85. The van der Waals surface area contributed by atoms with Gasteiger partial charge in [-0.15, -0.1) is 11.8 Å². The number of rotatable bonds is 10. The summed E-state index contributed by atoms with van der Waals surface area (Å²) >= 11 is 2.23. The van der Waals surface area contributed by atoms with Gasteiger partial charge in [-0.2, -0.15) is 24.5 Å². The van der Waals surface area contributed by atoms with Crippen molar-refractivity contribution in [1.29, 1.82) is 0 Å². The number of carbonyl (C=O) groups excluding carboxylic acids is 3. The zero-order valence-electron chi connectivity index (χ0n) is 25.2. The fraction of sp³-hybridized carbons (Fsp3) is 0.0571. The molecule has 0 spiro atoms. The van der Waals surface area contributed by atoms with Gasteiger partial charge in [0.25, 0.3) is 11.8 Å². The van der Waals surface area contributed by atoms with E-state index in [-0.39, 0.29) is 16.9 Å². The molecule has 1 heterocycles. The predicted molar refractivity (Wildman–Crippen MR) is 176 cm³/mol. The first kappa shape index (κ1) is 35.9. The second kappa shape index (κ2) is 15.4. The molecular weight excluding hydrogens is 708 g/mol. The van der Waals surface area contributed by atoms with Gasteiger partial charge in [0.1, 0.15) is 22.2 Å². The van der Waals surface area contributed by atoms with Gasteiger partial charge in [-0.25, -0.2) is 17.6 Å². The molecule has 0 saturated heterocycles. The van der Waals surface area contributed by atoms with Crippen LogP contribution in [0, 0.1) is 23.3 Å². The van der Waals surface area contributed by atoms with Crippen LogP contribution in [0.5, 0.6) is 0 Å². The molecular formula is C35H22F7N3O3S2. The van der Waals surface area contributed by atoms with E-state index in [1.807, 2.05) is 0 Å². The molecule has 0 radical (unpaired) electrons. The van der Waals surface area contributed by atoms with Crippen LogP contribution in [0.25, 0.3) is 6.08 Å². The Labute approximate surface area is 288 Å². The maximum atomic E-state index is 14.6. The average Bonchev–Trinajstić information content (AvgIpc) is 3.62. The second-order valence-electron chi connectivity index (χ2n) is 10.3. The average molecular weight is 730 g/mol. The topological polar surface area (TPSA) is 87.3 Å². The number of thiophene rings is 1. The molecule has 1 atom stereocenters. The number of carbonyl (C=O) groups is 3. The Morgan fingerprint density at radius 1 is 0.740 bits per heavy atom. The van der Waals surface area contributed by atoms with E-state index < -0.39 is 63.7 Å². The van der Waals surface area contributed by atoms with Crippen LogP contribution >= 0.6 is 23.1 Å². The monoisotopic (exact) mass is 729 g/mol. The number of amides is 3. The highest BCUT2D eigenvalue weighted by Crippen LogP contribution is 2.40. The minimum absolute atomic E-state index is 0.0490. The van der Waals surface area contributed by atoms with Crippen molar-refractivity contribution in [2.24, 2.45) is 0 Å². The Balaban J connectivity index is 1.35. The number of alkyl halides is 3. The predicted octanol–water partition coefficient (Wildman–Crippen LogP) is 9.20. The van der Waals surface area contributed by atoms with Crippen LogP contribution < -0.4 is 16.0 Å². The van der Waals surface area contributed by atoms with Gasteiger partial charge in [0.2, 0.25) is 5.91 Å². The lowest BCUT2D eigenvalue weighted by atomic mass is 10.1. The van der Waals surface area contributed by atoms with Crippen LogP contribution in [0.2, 0.25) is 0 Å². The fourth-order valence-corrected chi connectivity index (χ4v) is 6.14. The third-order valence-electron chi connectivity index (χ3n) is 6.88. The summed E-state index contributed by atoms with van der Waals surface area (Å²) in [5, 5.41) is 9.24. The number of hydrogen-bond donors (Lipinski definition) is 3. The largest absolute Gasteiger partial charge is 0.422 e. The second-order valence-corrected chi connectivity index (χ2v) is 12.3. The van der Waals surface area contributed by atoms with Crippen LogP contribution in [-0.2, 0) is 15.8 Å². The summed E-state index contributed by atoms with van der Waals surface area (Å²) in [4.78, 5) is 39.8. The molecule has 0 fully saturated rings. The van der Waals surface area contributed by atoms with Gasteiger partial charge in [-0.05, 0) is 70.4 Å². The van der Waals surface area contributed by atoms with Crippen molar-refractivity contribution in [3.8, 4) is 0 Å². The Bertz CT molecular complexity index is 2010. The van der Waals surface area contributed by atoms with Crippen molar-refractivity contribution in [3.05, 3.63) is 153 Å². The van der Waals surface area contributed by atoms with Gasteiger partial charge in [0.15, 0.2) is 23.3 Å². The van der Waals surface area contributed by atoms with E-state index in [1.54, 1.807) is 70.7 Å². The lowest BCUT2D eigenvalue weighted by Crippen LogP contribution is -2.30. The molecule has 1 unspecified atom stereocenters. The SMILES string of the molecule is O=C(Nc1ccc(SC(C(=O)Nc2c(F)c(F)c(C(F)(F)F)c(F)c2F)c2ccccc2)cc1)/C(=C/c1ccsc1)NC(=O)c1ccccc1. The maximum absolute atomic E-state index is 14.6. The van der Waals surface area contributed by atoms with Gasteiger partial charge < -0.3 is 16.0 Å². The summed E-state index contributed by atoms with van der Waals surface area (Å²) in [6.07, 6.45) is -4.25. The highest BCUT2D eigenvalue weighted by molar-refractivity contribution is 8.00. The van der Waals surface area contributed by atoms with Crippen LogP contribution in [0.15, 0.2) is 112 Å². The van der Waals surface area contributed by atoms with Gasteiger partial charge in [0.05, 0.1) is 0 Å². The van der Waals surface area contributed by atoms with E-state index in [1.165, 1.54) is 53.8 Å². The number of thioether (sulfide) groups is 1. The van der Waals surface area contributed by atoms with E-state index in [2.05, 4.69) is 10.6 Å². The zero-order chi connectivity index (χ0) is 36.0. The Hall–Kier alpha value is -5.41. The van der Waals surface area contributed by atoms with Gasteiger partial charge in [0, 0.05) is 16.1 Å². The van der Waals surface area contributed by atoms with E-state index in [0.717, 1.165) is 11.8 Å². The number of nitrogens with one attached hydrogen (secondary N) is 3. The standard InChI is InChI=1S/C35H22F7N3O3S2/c36-26-25(35(40,41)42)27(37)29(39)30(28(26)38)45-34(48)31(20-7-3-1-4-8-20)50-23-13-11-22(12-14-23)43-33(47)24(17-19-15-16-49-18-19)44-32(46)21-9-5-2-6-10-21/h1-18,31H,(H,43,47)(H,44,46)(H,45,48)/b24-17-. The Morgan fingerprint density at radius 2 is 1.34 bits per heavy atom. The summed E-state index contributed by atoms with van der Waals surface area (Å²) in [6.45, 7) is 0. The molecule has 3 amide bonds. The molecule has 0 bridgehead atoms. The summed E-state index contributed by atoms with van der Waals surface area (Å²) in [6, 6.07) is 23.6. The molecule has 0 aliphatic heterocycles. The molecule has 0 saturated carbocycles. The minimum Gasteiger partial charge on any atom is -0.321 e. The summed E-state index contributed by atoms with van der Waals surface area (Å²) in [5.74, 6) is -12.6. The summed E-state index contributed by atoms with van der Waals surface area (Å²) in [5.41, 5.74) is -2.97. The number of hydrogen-bond acceptors (Lipinski definition) is 5. The van der Waals surface area contributed by atoms with E-state index in [4.69, 9.17) is 0 Å². The first-order valence-corrected chi connectivity index (χ1v) is 16.1. The Kier molecular flexibility index (Phi) is 11.1. The normalized spacial score (nSPS) is 12.3. The highest BCUT2D eigenvalue weighted by Gasteiger charge is 2.43. The summed E-state index contributed by atoms with van der Waals surface area (Å²) < 4.78 is 96.7. The molecule has 0 aliphatic rings. The molecule has 5 rings (SSSR count). The first-order valence-electron chi connectivity index (χ1n) is 14.3. The van der Waals surface area contributed by atoms with Gasteiger partial charge in [-0.1, -0.05) is 48.5 Å². The highest BCUT2D eigenvalue weighted by atomic mass is 32.2. The van der Waals surface area contributed by atoms with Crippen LogP contribution in [0.3, 0.4) is 0 Å². The van der Waals surface area contributed by atoms with Crippen molar-refractivity contribution in [2.45, 2.75) is 16.3 Å². The van der Waals surface area contributed by atoms with Crippen molar-refractivity contribution < 1.29 is 45.1 Å². The Morgan fingerprint density at radius 3 is 1.90 bits per heavy atom. The van der Waals surface area contributed by atoms with Gasteiger partial charge >= 0.3 is 6.18 Å². The van der Waals surface area contributed by atoms with Crippen LogP contribution in [0.1, 0.15) is 32.3 Å². The van der Waals surface area contributed by atoms with Crippen LogP contribution in [-0.4, -0.2) is 17.7 Å². The van der Waals surface area contributed by atoms with Crippen molar-refractivity contribution in [3.63, 3.8) is 0 Å². The fourth-order valence-electron chi connectivity index (χ4n) is 4.50. The number of anilines is 2. The van der Waals surface area contributed by atoms with Gasteiger partial charge in [-0.3, -0.25) is 14.4 Å². The lowest BCUT2D eigenvalue weighted by molar-refractivity contribution is -0.143. The van der Waals surface area contributed by atoms with Crippen molar-refractivity contribution in [2.75, 3.05) is 10.6 Å². The smallest absolute Gasteiger partial charge is 0.321 e. The molecule has 50 heavy (non-hydrogen) atoms. The van der Waals surface area contributed by atoms with E-state index in [9.17, 15) is 45.1 Å². The van der Waals surface area contributed by atoms with Crippen molar-refractivity contribution in [1.82, 2.24) is 5.32 Å². The summed E-state index contributed by atoms with van der Waals surface area (Å²) in [7, 11) is 0. The van der Waals surface area contributed by atoms with Crippen LogP contribution in [0.4, 0.5) is 42.1 Å². The number of benzene rings is 4. The first-order chi connectivity index (χ1) is 23.8. The van der Waals surface area contributed by atoms with E-state index in [0.29, 0.717) is 16.0 Å². The lowest BCUT2D eigenvalue weighted by Gasteiger charge is -2.19. The molecule has 0 aliphatic carbocycles. The minimum atomic E-state index is -5.75. The van der Waals surface area contributed by atoms with E-state index >= 15 is 0 Å². The molecule has 256 valence electrons. The number of halogens is 7. The third kappa shape index (κ3) is 8.41. The zero-order valence-corrected chi connectivity index (χ0v) is 26.8. The molecule has 3 N–H and O–H groups in total. The molecule has 1 aromatic heterocycles. The maximum Gasteiger partial charge on any atom is 0.422 e.